The van der Waals surface area contributed by atoms with Crippen molar-refractivity contribution in [3.05, 3.63) is 86.4 Å². The monoisotopic (exact) mass is 509 g/mol. The predicted molar refractivity (Wildman–Crippen MR) is 132 cm³/mol. The fourth-order valence-electron chi connectivity index (χ4n) is 3.37. The molecule has 2 heterocycles. The van der Waals surface area contributed by atoms with Crippen LogP contribution in [0.1, 0.15) is 20.7 Å². The number of nitrogens with zero attached hydrogens (tertiary/aromatic N) is 4. The minimum absolute atomic E-state index is 0.0751. The van der Waals surface area contributed by atoms with Crippen LogP contribution in [-0.4, -0.2) is 39.1 Å². The molecule has 0 radical (unpaired) electrons. The average Bonchev–Trinajstić information content (AvgIpc) is 2.87. The molecule has 9 nitrogen and oxygen atoms in total. The molecular formula is C24H17Cl2N5O4. The summed E-state index contributed by atoms with van der Waals surface area (Å²) in [6.45, 7) is 0. The van der Waals surface area contributed by atoms with E-state index in [0.717, 1.165) is 4.68 Å². The molecule has 0 aliphatic carbocycles. The summed E-state index contributed by atoms with van der Waals surface area (Å²) in [7, 11) is 2.85. The van der Waals surface area contributed by atoms with Crippen molar-refractivity contribution in [3.63, 3.8) is 0 Å². The minimum atomic E-state index is -0.623. The zero-order valence-electron chi connectivity index (χ0n) is 18.5. The highest BCUT2D eigenvalue weighted by Gasteiger charge is 2.19. The molecule has 0 spiro atoms. The number of aldehydes is 1. The smallest absolute Gasteiger partial charge is 0.279 e. The van der Waals surface area contributed by atoms with Crippen molar-refractivity contribution in [1.82, 2.24) is 19.7 Å². The molecule has 0 aliphatic rings. The number of methoxy groups -OCH3 is 1. The Hall–Kier alpha value is -4.08. The minimum Gasteiger partial charge on any atom is -0.480 e. The van der Waals surface area contributed by atoms with E-state index in [1.807, 2.05) is 0 Å². The van der Waals surface area contributed by atoms with Gasteiger partial charge < -0.3 is 10.1 Å². The number of hydrogen-bond acceptors (Lipinski definition) is 7. The second-order valence-corrected chi connectivity index (χ2v) is 7.99. The van der Waals surface area contributed by atoms with E-state index in [9.17, 15) is 14.4 Å². The van der Waals surface area contributed by atoms with Crippen LogP contribution in [0.3, 0.4) is 0 Å². The number of amides is 1. The molecule has 0 aliphatic heterocycles. The van der Waals surface area contributed by atoms with E-state index in [0.29, 0.717) is 33.7 Å². The van der Waals surface area contributed by atoms with Crippen LogP contribution in [0.2, 0.25) is 10.0 Å². The van der Waals surface area contributed by atoms with Crippen LogP contribution in [0, 0.1) is 0 Å². The van der Waals surface area contributed by atoms with Crippen LogP contribution in [0.15, 0.2) is 59.7 Å². The summed E-state index contributed by atoms with van der Waals surface area (Å²) in [5.41, 5.74) is 1.48. The van der Waals surface area contributed by atoms with Gasteiger partial charge in [-0.2, -0.15) is 10.1 Å². The van der Waals surface area contributed by atoms with Gasteiger partial charge in [0.25, 0.3) is 11.5 Å². The second-order valence-electron chi connectivity index (χ2n) is 7.24. The number of halogens is 2. The van der Waals surface area contributed by atoms with Gasteiger partial charge in [0, 0.05) is 36.1 Å². The van der Waals surface area contributed by atoms with Gasteiger partial charge in [0.1, 0.15) is 5.56 Å². The third-order valence-electron chi connectivity index (χ3n) is 5.13. The highest BCUT2D eigenvalue weighted by molar-refractivity contribution is 6.39. The van der Waals surface area contributed by atoms with E-state index in [2.05, 4.69) is 20.4 Å². The standard InChI is InChI=1S/C24H17Cl2N5O4/c1-31-24(34)17(9-10-28-31)22(33)29-18-8-4-6-15(20(18)26)14-5-3-7-16(19(14)25)21-27-11-13(12-32)23(30-21)35-2/h3-12H,1-2H3,(H,29,33). The van der Waals surface area contributed by atoms with Crippen LogP contribution in [0.4, 0.5) is 5.69 Å². The summed E-state index contributed by atoms with van der Waals surface area (Å²) in [5, 5.41) is 7.01. The summed E-state index contributed by atoms with van der Waals surface area (Å²) in [5.74, 6) is -0.243. The molecule has 4 aromatic rings. The van der Waals surface area contributed by atoms with Gasteiger partial charge in [0.15, 0.2) is 12.1 Å². The fraction of sp³-hybridized carbons (Fsp3) is 0.0833. The zero-order valence-corrected chi connectivity index (χ0v) is 20.0. The summed E-state index contributed by atoms with van der Waals surface area (Å²) in [6, 6.07) is 11.6. The SMILES string of the molecule is COc1nc(-c2cccc(-c3cccc(NC(=O)c4ccnn(C)c4=O)c3Cl)c2Cl)ncc1C=O. The Bertz CT molecular complexity index is 1520. The molecule has 0 fully saturated rings. The Morgan fingerprint density at radius 1 is 1.06 bits per heavy atom. The molecule has 4 rings (SSSR count). The number of anilines is 1. The van der Waals surface area contributed by atoms with Gasteiger partial charge in [-0.25, -0.2) is 9.67 Å². The van der Waals surface area contributed by atoms with E-state index in [1.54, 1.807) is 36.4 Å². The van der Waals surface area contributed by atoms with Gasteiger partial charge in [-0.15, -0.1) is 0 Å². The molecule has 0 saturated heterocycles. The van der Waals surface area contributed by atoms with E-state index < -0.39 is 11.5 Å². The molecule has 0 atom stereocenters. The first-order valence-corrected chi connectivity index (χ1v) is 10.9. The maximum absolute atomic E-state index is 12.7. The maximum Gasteiger partial charge on any atom is 0.279 e. The Kier molecular flexibility index (Phi) is 6.90. The maximum atomic E-state index is 12.7. The topological polar surface area (TPSA) is 116 Å². The van der Waals surface area contributed by atoms with Crippen molar-refractivity contribution < 1.29 is 14.3 Å². The lowest BCUT2D eigenvalue weighted by molar-refractivity contribution is 0.102. The van der Waals surface area contributed by atoms with E-state index in [4.69, 9.17) is 27.9 Å². The molecular weight excluding hydrogens is 493 g/mol. The predicted octanol–water partition coefficient (Wildman–Crippen LogP) is 4.28. The van der Waals surface area contributed by atoms with Crippen molar-refractivity contribution in [1.29, 1.82) is 0 Å². The number of aromatic nitrogens is 4. The summed E-state index contributed by atoms with van der Waals surface area (Å²) < 4.78 is 6.23. The lowest BCUT2D eigenvalue weighted by atomic mass is 10.0. The third-order valence-corrected chi connectivity index (χ3v) is 5.94. The Labute approximate surface area is 209 Å². The van der Waals surface area contributed by atoms with Crippen LogP contribution < -0.4 is 15.6 Å². The number of ether oxygens (including phenoxy) is 1. The Morgan fingerprint density at radius 3 is 2.46 bits per heavy atom. The van der Waals surface area contributed by atoms with Gasteiger partial charge in [0.2, 0.25) is 5.88 Å². The number of hydrogen-bond donors (Lipinski definition) is 1. The van der Waals surface area contributed by atoms with Gasteiger partial charge >= 0.3 is 0 Å². The quantitative estimate of drug-likeness (QED) is 0.385. The molecule has 0 bridgehead atoms. The van der Waals surface area contributed by atoms with Crippen molar-refractivity contribution in [2.45, 2.75) is 0 Å². The zero-order chi connectivity index (χ0) is 25.1. The van der Waals surface area contributed by atoms with Crippen molar-refractivity contribution in [3.8, 4) is 28.4 Å². The highest BCUT2D eigenvalue weighted by atomic mass is 35.5. The fourth-order valence-corrected chi connectivity index (χ4v) is 3.95. The van der Waals surface area contributed by atoms with Gasteiger partial charge in [-0.1, -0.05) is 47.5 Å². The lowest BCUT2D eigenvalue weighted by Gasteiger charge is -2.14. The first kappa shape index (κ1) is 24.1. The van der Waals surface area contributed by atoms with E-state index in [-0.39, 0.29) is 27.9 Å². The van der Waals surface area contributed by atoms with Crippen LogP contribution in [0.5, 0.6) is 5.88 Å². The average molecular weight is 510 g/mol. The van der Waals surface area contributed by atoms with Crippen LogP contribution in [0.25, 0.3) is 22.5 Å². The molecule has 2 aromatic carbocycles. The first-order valence-electron chi connectivity index (χ1n) is 10.1. The number of aryl methyl sites for hydroxylation is 1. The van der Waals surface area contributed by atoms with Gasteiger partial charge in [-0.3, -0.25) is 14.4 Å². The normalized spacial score (nSPS) is 10.6. The molecule has 1 amide bonds. The van der Waals surface area contributed by atoms with Crippen molar-refractivity contribution >= 4 is 41.1 Å². The van der Waals surface area contributed by atoms with Gasteiger partial charge in [0.05, 0.1) is 28.4 Å². The van der Waals surface area contributed by atoms with E-state index >= 15 is 0 Å². The Balaban J connectivity index is 1.74. The number of benzene rings is 2. The van der Waals surface area contributed by atoms with Crippen LogP contribution in [-0.2, 0) is 7.05 Å². The number of nitrogens with one attached hydrogen (secondary N) is 1. The number of carbonyl (C=O) groups excluding carboxylic acids is 2. The second kappa shape index (κ2) is 10.0. The number of carbonyl (C=O) groups is 2. The van der Waals surface area contributed by atoms with Crippen molar-refractivity contribution in [2.75, 3.05) is 12.4 Å². The highest BCUT2D eigenvalue weighted by Crippen LogP contribution is 2.41. The molecule has 0 saturated carbocycles. The summed E-state index contributed by atoms with van der Waals surface area (Å²) >= 11 is 13.4. The molecule has 2 aromatic heterocycles. The molecule has 176 valence electrons. The largest absolute Gasteiger partial charge is 0.480 e. The molecule has 0 unspecified atom stereocenters. The molecule has 35 heavy (non-hydrogen) atoms. The van der Waals surface area contributed by atoms with Gasteiger partial charge in [-0.05, 0) is 18.2 Å². The first-order chi connectivity index (χ1) is 16.8. The summed E-state index contributed by atoms with van der Waals surface area (Å²) in [4.78, 5) is 44.6. The molecule has 1 N–H and O–H groups in total. The molecule has 11 heteroatoms. The lowest BCUT2D eigenvalue weighted by Crippen LogP contribution is -2.28. The van der Waals surface area contributed by atoms with E-state index in [1.165, 1.54) is 32.6 Å². The Morgan fingerprint density at radius 2 is 1.74 bits per heavy atom. The van der Waals surface area contributed by atoms with Crippen LogP contribution >= 0.6 is 23.2 Å². The third kappa shape index (κ3) is 4.64. The van der Waals surface area contributed by atoms with Crippen molar-refractivity contribution in [2.24, 2.45) is 7.05 Å². The number of rotatable bonds is 6. The summed E-state index contributed by atoms with van der Waals surface area (Å²) in [6.07, 6.45) is 3.31.